The summed E-state index contributed by atoms with van der Waals surface area (Å²) < 4.78 is 29.1. The molecule has 5 nitrogen and oxygen atoms in total. The number of halogens is 1. The molecule has 0 amide bonds. The molecule has 0 aromatic rings. The average molecular weight is 246 g/mol. The van der Waals surface area contributed by atoms with E-state index in [-0.39, 0.29) is 24.8 Å². The maximum atomic E-state index is 11.1. The summed E-state index contributed by atoms with van der Waals surface area (Å²) >= 11 is 5.29. The summed E-state index contributed by atoms with van der Waals surface area (Å²) in [7, 11) is -1.80. The highest BCUT2D eigenvalue weighted by molar-refractivity contribution is 7.89. The minimum Gasteiger partial charge on any atom is -0.391 e. The first-order valence-electron chi connectivity index (χ1n) is 4.22. The minimum atomic E-state index is -3.28. The fourth-order valence-electron chi connectivity index (χ4n) is 0.830. The fourth-order valence-corrected chi connectivity index (χ4v) is 2.22. The molecule has 0 spiro atoms. The predicted octanol–water partition coefficient (Wildman–Crippen LogP) is -0.458. The second-order valence-corrected chi connectivity index (χ2v) is 5.10. The maximum absolute atomic E-state index is 11.1. The summed E-state index contributed by atoms with van der Waals surface area (Å²) in [4.78, 5) is 0. The van der Waals surface area contributed by atoms with E-state index in [1.54, 1.807) is 0 Å². The van der Waals surface area contributed by atoms with Crippen molar-refractivity contribution < 1.29 is 18.3 Å². The number of hydrogen-bond acceptors (Lipinski definition) is 4. The second kappa shape index (κ2) is 7.42. The van der Waals surface area contributed by atoms with Crippen LogP contribution >= 0.6 is 11.6 Å². The van der Waals surface area contributed by atoms with Crippen LogP contribution in [0.1, 0.15) is 6.42 Å². The molecule has 0 saturated heterocycles. The zero-order valence-electron chi connectivity index (χ0n) is 8.07. The van der Waals surface area contributed by atoms with E-state index in [9.17, 15) is 13.5 Å². The van der Waals surface area contributed by atoms with E-state index < -0.39 is 16.1 Å². The lowest BCUT2D eigenvalue weighted by molar-refractivity contribution is 0.0603. The molecule has 86 valence electrons. The molecule has 0 aliphatic carbocycles. The molecule has 7 heteroatoms. The zero-order chi connectivity index (χ0) is 11.0. The molecular weight excluding hydrogens is 230 g/mol. The Balaban J connectivity index is 3.63. The minimum absolute atomic E-state index is 0.0654. The highest BCUT2D eigenvalue weighted by Gasteiger charge is 2.09. The Morgan fingerprint density at radius 1 is 1.57 bits per heavy atom. The highest BCUT2D eigenvalue weighted by Crippen LogP contribution is 1.92. The van der Waals surface area contributed by atoms with E-state index in [4.69, 9.17) is 11.6 Å². The molecule has 0 aliphatic rings. The molecule has 0 aliphatic heterocycles. The van der Waals surface area contributed by atoms with Gasteiger partial charge in [0.15, 0.2) is 0 Å². The van der Waals surface area contributed by atoms with Crippen molar-refractivity contribution in [2.45, 2.75) is 12.5 Å². The molecule has 0 aromatic carbocycles. The van der Waals surface area contributed by atoms with Crippen LogP contribution in [0, 0.1) is 0 Å². The number of hydrogen-bond donors (Lipinski definition) is 2. The SMILES string of the molecule is COCC(O)CCNS(=O)(=O)CCCl. The van der Waals surface area contributed by atoms with Gasteiger partial charge in [0.2, 0.25) is 10.0 Å². The molecule has 1 atom stereocenters. The Morgan fingerprint density at radius 3 is 2.71 bits per heavy atom. The van der Waals surface area contributed by atoms with Gasteiger partial charge in [0, 0.05) is 19.5 Å². The first-order chi connectivity index (χ1) is 6.52. The van der Waals surface area contributed by atoms with Gasteiger partial charge in [-0.3, -0.25) is 0 Å². The number of sulfonamides is 1. The lowest BCUT2D eigenvalue weighted by Crippen LogP contribution is -2.30. The number of methoxy groups -OCH3 is 1. The van der Waals surface area contributed by atoms with Crippen molar-refractivity contribution in [3.05, 3.63) is 0 Å². The molecule has 2 N–H and O–H groups in total. The predicted molar refractivity (Wildman–Crippen MR) is 55.0 cm³/mol. The monoisotopic (exact) mass is 245 g/mol. The third-order valence-corrected chi connectivity index (χ3v) is 3.30. The van der Waals surface area contributed by atoms with Crippen molar-refractivity contribution in [2.75, 3.05) is 31.9 Å². The van der Waals surface area contributed by atoms with Crippen LogP contribution in [0.15, 0.2) is 0 Å². The van der Waals surface area contributed by atoms with E-state index in [2.05, 4.69) is 9.46 Å². The molecule has 0 heterocycles. The van der Waals surface area contributed by atoms with Crippen molar-refractivity contribution in [1.29, 1.82) is 0 Å². The normalized spacial score (nSPS) is 14.2. The van der Waals surface area contributed by atoms with Crippen molar-refractivity contribution in [1.82, 2.24) is 4.72 Å². The van der Waals surface area contributed by atoms with Gasteiger partial charge in [-0.25, -0.2) is 13.1 Å². The summed E-state index contributed by atoms with van der Waals surface area (Å²) in [6.45, 7) is 0.404. The highest BCUT2D eigenvalue weighted by atomic mass is 35.5. The fraction of sp³-hybridized carbons (Fsp3) is 1.00. The zero-order valence-corrected chi connectivity index (χ0v) is 9.64. The third kappa shape index (κ3) is 7.52. The molecule has 14 heavy (non-hydrogen) atoms. The van der Waals surface area contributed by atoms with Crippen molar-refractivity contribution in [3.63, 3.8) is 0 Å². The Labute approximate surface area is 89.5 Å². The van der Waals surface area contributed by atoms with Gasteiger partial charge in [-0.05, 0) is 6.42 Å². The van der Waals surface area contributed by atoms with Crippen LogP contribution in [0.5, 0.6) is 0 Å². The summed E-state index contributed by atoms with van der Waals surface area (Å²) in [5.41, 5.74) is 0. The average Bonchev–Trinajstić information content (AvgIpc) is 2.03. The van der Waals surface area contributed by atoms with Gasteiger partial charge >= 0.3 is 0 Å². The summed E-state index contributed by atoms with van der Waals surface area (Å²) in [6, 6.07) is 0. The van der Waals surface area contributed by atoms with Gasteiger partial charge in [-0.2, -0.15) is 0 Å². The molecule has 0 radical (unpaired) electrons. The van der Waals surface area contributed by atoms with Crippen LogP contribution in [0.3, 0.4) is 0 Å². The Kier molecular flexibility index (Phi) is 7.48. The molecule has 0 rings (SSSR count). The topological polar surface area (TPSA) is 75.6 Å². The van der Waals surface area contributed by atoms with Crippen LogP contribution in [0.4, 0.5) is 0 Å². The summed E-state index contributed by atoms with van der Waals surface area (Å²) in [6.07, 6.45) is -0.311. The van der Waals surface area contributed by atoms with Gasteiger partial charge in [-0.1, -0.05) is 0 Å². The number of nitrogens with one attached hydrogen (secondary N) is 1. The molecule has 0 saturated carbocycles. The lowest BCUT2D eigenvalue weighted by Gasteiger charge is -2.09. The van der Waals surface area contributed by atoms with Gasteiger partial charge in [0.05, 0.1) is 18.5 Å². The van der Waals surface area contributed by atoms with Crippen molar-refractivity contribution in [3.8, 4) is 0 Å². The molecule has 1 unspecified atom stereocenters. The van der Waals surface area contributed by atoms with Crippen molar-refractivity contribution >= 4 is 21.6 Å². The molecular formula is C7H16ClNO4S. The number of alkyl halides is 1. The van der Waals surface area contributed by atoms with Crippen LogP contribution in [-0.2, 0) is 14.8 Å². The quantitative estimate of drug-likeness (QED) is 0.568. The van der Waals surface area contributed by atoms with E-state index in [1.165, 1.54) is 7.11 Å². The van der Waals surface area contributed by atoms with Gasteiger partial charge in [0.25, 0.3) is 0 Å². The smallest absolute Gasteiger partial charge is 0.212 e. The van der Waals surface area contributed by atoms with Gasteiger partial charge < -0.3 is 9.84 Å². The standard InChI is InChI=1S/C7H16ClNO4S/c1-13-6-7(10)2-4-9-14(11,12)5-3-8/h7,9-10H,2-6H2,1H3. The number of ether oxygens (including phenoxy) is 1. The first-order valence-corrected chi connectivity index (χ1v) is 6.41. The third-order valence-electron chi connectivity index (χ3n) is 1.50. The Morgan fingerprint density at radius 2 is 2.21 bits per heavy atom. The Hall–Kier alpha value is 0.120. The van der Waals surface area contributed by atoms with Gasteiger partial charge in [-0.15, -0.1) is 11.6 Å². The van der Waals surface area contributed by atoms with Gasteiger partial charge in [0.1, 0.15) is 0 Å². The summed E-state index contributed by atoms with van der Waals surface area (Å²) in [5, 5.41) is 9.19. The van der Waals surface area contributed by atoms with E-state index in [0.29, 0.717) is 6.42 Å². The number of rotatable bonds is 8. The largest absolute Gasteiger partial charge is 0.391 e. The second-order valence-electron chi connectivity index (χ2n) is 2.80. The van der Waals surface area contributed by atoms with E-state index >= 15 is 0 Å². The van der Waals surface area contributed by atoms with E-state index in [0.717, 1.165) is 0 Å². The van der Waals surface area contributed by atoms with Crippen LogP contribution in [0.2, 0.25) is 0 Å². The summed E-state index contributed by atoms with van der Waals surface area (Å²) in [5.74, 6) is -0.0368. The van der Waals surface area contributed by atoms with Crippen LogP contribution in [0.25, 0.3) is 0 Å². The molecule has 0 aromatic heterocycles. The van der Waals surface area contributed by atoms with E-state index in [1.807, 2.05) is 0 Å². The number of aliphatic hydroxyl groups excluding tert-OH is 1. The lowest BCUT2D eigenvalue weighted by atomic mass is 10.3. The van der Waals surface area contributed by atoms with Crippen molar-refractivity contribution in [2.24, 2.45) is 0 Å². The maximum Gasteiger partial charge on any atom is 0.212 e. The molecule has 0 bridgehead atoms. The van der Waals surface area contributed by atoms with Crippen LogP contribution < -0.4 is 4.72 Å². The number of aliphatic hydroxyl groups is 1. The van der Waals surface area contributed by atoms with Crippen LogP contribution in [-0.4, -0.2) is 51.5 Å². The Bertz CT molecular complexity index is 232. The molecule has 0 fully saturated rings. The first kappa shape index (κ1) is 14.1.